The van der Waals surface area contributed by atoms with E-state index in [1.54, 1.807) is 11.0 Å². The number of nitrogens with zero attached hydrogens (tertiary/aromatic N) is 3. The summed E-state index contributed by atoms with van der Waals surface area (Å²) in [6.07, 6.45) is 0.947. The summed E-state index contributed by atoms with van der Waals surface area (Å²) in [6.45, 7) is 5.46. The Morgan fingerprint density at radius 2 is 2.21 bits per heavy atom. The van der Waals surface area contributed by atoms with Crippen LogP contribution in [0, 0.1) is 10.1 Å². The molecule has 2 N–H and O–H groups in total. The molecule has 0 fully saturated rings. The minimum Gasteiger partial charge on any atom is -0.395 e. The molecule has 0 spiro atoms. The van der Waals surface area contributed by atoms with Crippen molar-refractivity contribution in [3.05, 3.63) is 22.2 Å². The summed E-state index contributed by atoms with van der Waals surface area (Å²) < 4.78 is 0. The Morgan fingerprint density at radius 1 is 1.47 bits per heavy atom. The quantitative estimate of drug-likeness (QED) is 0.550. The third-order valence-corrected chi connectivity index (χ3v) is 2.66. The van der Waals surface area contributed by atoms with Crippen molar-refractivity contribution >= 4 is 17.3 Å². The second-order valence-corrected chi connectivity index (χ2v) is 4.03. The monoisotopic (exact) mass is 268 g/mol. The first-order chi connectivity index (χ1) is 9.13. The molecule has 0 saturated heterocycles. The van der Waals surface area contributed by atoms with Crippen molar-refractivity contribution in [3.8, 4) is 0 Å². The standard InChI is InChI=1S/C12H20N4O3/c1-3-7-13-11-6-5-10(16(18)19)12(14-11)15(4-2)8-9-17/h5-6,17H,3-4,7-9H2,1-2H3,(H,13,14). The molecular weight excluding hydrogens is 248 g/mol. The van der Waals surface area contributed by atoms with Crippen molar-refractivity contribution in [3.63, 3.8) is 0 Å². The molecule has 19 heavy (non-hydrogen) atoms. The summed E-state index contributed by atoms with van der Waals surface area (Å²) in [5.41, 5.74) is -0.0441. The molecule has 7 nitrogen and oxygen atoms in total. The molecule has 0 radical (unpaired) electrons. The van der Waals surface area contributed by atoms with E-state index in [0.717, 1.165) is 13.0 Å². The van der Waals surface area contributed by atoms with E-state index in [0.29, 0.717) is 24.7 Å². The summed E-state index contributed by atoms with van der Waals surface area (Å²) in [4.78, 5) is 16.5. The van der Waals surface area contributed by atoms with Gasteiger partial charge < -0.3 is 15.3 Å². The van der Waals surface area contributed by atoms with Gasteiger partial charge >= 0.3 is 5.69 Å². The Balaban J connectivity index is 3.10. The summed E-state index contributed by atoms with van der Waals surface area (Å²) in [7, 11) is 0. The summed E-state index contributed by atoms with van der Waals surface area (Å²) >= 11 is 0. The van der Waals surface area contributed by atoms with Gasteiger partial charge in [0, 0.05) is 25.7 Å². The number of nitrogens with one attached hydrogen (secondary N) is 1. The fourth-order valence-corrected chi connectivity index (χ4v) is 1.70. The highest BCUT2D eigenvalue weighted by molar-refractivity contribution is 5.61. The lowest BCUT2D eigenvalue weighted by molar-refractivity contribution is -0.384. The molecule has 1 heterocycles. The van der Waals surface area contributed by atoms with Crippen LogP contribution in [0.25, 0.3) is 0 Å². The lowest BCUT2D eigenvalue weighted by Gasteiger charge is -2.21. The average molecular weight is 268 g/mol. The van der Waals surface area contributed by atoms with Gasteiger partial charge in [-0.15, -0.1) is 0 Å². The molecular formula is C12H20N4O3. The zero-order valence-corrected chi connectivity index (χ0v) is 11.3. The second kappa shape index (κ2) is 7.52. The van der Waals surface area contributed by atoms with Crippen LogP contribution in [0.15, 0.2) is 12.1 Å². The molecule has 1 aromatic heterocycles. The van der Waals surface area contributed by atoms with Gasteiger partial charge in [0.1, 0.15) is 5.82 Å². The number of pyridine rings is 1. The zero-order chi connectivity index (χ0) is 14.3. The fraction of sp³-hybridized carbons (Fsp3) is 0.583. The van der Waals surface area contributed by atoms with Gasteiger partial charge in [0.25, 0.3) is 0 Å². The maximum Gasteiger partial charge on any atom is 0.311 e. The van der Waals surface area contributed by atoms with E-state index in [-0.39, 0.29) is 12.3 Å². The maximum absolute atomic E-state index is 11.0. The van der Waals surface area contributed by atoms with Gasteiger partial charge in [0.15, 0.2) is 0 Å². The van der Waals surface area contributed by atoms with Crippen LogP contribution in [0.4, 0.5) is 17.3 Å². The fourth-order valence-electron chi connectivity index (χ4n) is 1.70. The largest absolute Gasteiger partial charge is 0.395 e. The molecule has 0 amide bonds. The zero-order valence-electron chi connectivity index (χ0n) is 11.3. The van der Waals surface area contributed by atoms with E-state index in [4.69, 9.17) is 5.11 Å². The van der Waals surface area contributed by atoms with Crippen molar-refractivity contribution in [1.82, 2.24) is 4.98 Å². The first-order valence-corrected chi connectivity index (χ1v) is 6.39. The highest BCUT2D eigenvalue weighted by Crippen LogP contribution is 2.27. The minimum atomic E-state index is -0.452. The first-order valence-electron chi connectivity index (χ1n) is 6.39. The Hall–Kier alpha value is -1.89. The Morgan fingerprint density at radius 3 is 2.74 bits per heavy atom. The van der Waals surface area contributed by atoms with Crippen LogP contribution in [0.2, 0.25) is 0 Å². The van der Waals surface area contributed by atoms with Crippen molar-refractivity contribution in [1.29, 1.82) is 0 Å². The van der Waals surface area contributed by atoms with Crippen molar-refractivity contribution < 1.29 is 10.0 Å². The van der Waals surface area contributed by atoms with Gasteiger partial charge in [-0.05, 0) is 19.4 Å². The lowest BCUT2D eigenvalue weighted by atomic mass is 10.3. The Kier molecular flexibility index (Phi) is 6.01. The molecule has 0 bridgehead atoms. The molecule has 0 atom stereocenters. The molecule has 0 aliphatic heterocycles. The predicted octanol–water partition coefficient (Wildman–Crippen LogP) is 1.63. The molecule has 7 heteroatoms. The minimum absolute atomic E-state index is 0.0441. The normalized spacial score (nSPS) is 10.3. The van der Waals surface area contributed by atoms with Gasteiger partial charge in [-0.1, -0.05) is 6.92 Å². The van der Waals surface area contributed by atoms with Gasteiger partial charge in [-0.2, -0.15) is 0 Å². The maximum atomic E-state index is 11.0. The lowest BCUT2D eigenvalue weighted by Crippen LogP contribution is -2.28. The molecule has 0 aromatic carbocycles. The van der Waals surface area contributed by atoms with Crippen LogP contribution in [0.5, 0.6) is 0 Å². The summed E-state index contributed by atoms with van der Waals surface area (Å²) in [6, 6.07) is 3.05. The van der Waals surface area contributed by atoms with E-state index in [2.05, 4.69) is 10.3 Å². The van der Waals surface area contributed by atoms with Gasteiger partial charge in [0.05, 0.1) is 11.5 Å². The Bertz CT molecular complexity index is 425. The van der Waals surface area contributed by atoms with Crippen LogP contribution in [0.3, 0.4) is 0 Å². The third kappa shape index (κ3) is 4.06. The predicted molar refractivity (Wildman–Crippen MR) is 74.6 cm³/mol. The van der Waals surface area contributed by atoms with Crippen molar-refractivity contribution in [2.75, 3.05) is 36.5 Å². The van der Waals surface area contributed by atoms with E-state index in [1.807, 2.05) is 13.8 Å². The molecule has 0 unspecified atom stereocenters. The van der Waals surface area contributed by atoms with Crippen LogP contribution >= 0.6 is 0 Å². The average Bonchev–Trinajstić information content (AvgIpc) is 2.42. The number of aliphatic hydroxyl groups excluding tert-OH is 1. The molecule has 1 aromatic rings. The van der Waals surface area contributed by atoms with Crippen LogP contribution < -0.4 is 10.2 Å². The molecule has 1 rings (SSSR count). The molecule has 106 valence electrons. The number of aliphatic hydroxyl groups is 1. The number of hydrogen-bond acceptors (Lipinski definition) is 6. The van der Waals surface area contributed by atoms with E-state index in [9.17, 15) is 10.1 Å². The first kappa shape index (κ1) is 15.2. The van der Waals surface area contributed by atoms with E-state index >= 15 is 0 Å². The summed E-state index contributed by atoms with van der Waals surface area (Å²) in [5.74, 6) is 0.904. The second-order valence-electron chi connectivity index (χ2n) is 4.03. The van der Waals surface area contributed by atoms with Crippen LogP contribution in [-0.4, -0.2) is 41.3 Å². The van der Waals surface area contributed by atoms with Crippen molar-refractivity contribution in [2.24, 2.45) is 0 Å². The highest BCUT2D eigenvalue weighted by atomic mass is 16.6. The number of nitro groups is 1. The van der Waals surface area contributed by atoms with Crippen LogP contribution in [0.1, 0.15) is 20.3 Å². The number of anilines is 2. The van der Waals surface area contributed by atoms with Crippen molar-refractivity contribution in [2.45, 2.75) is 20.3 Å². The third-order valence-electron chi connectivity index (χ3n) is 2.66. The topological polar surface area (TPSA) is 91.5 Å². The van der Waals surface area contributed by atoms with Gasteiger partial charge in [0.2, 0.25) is 5.82 Å². The molecule has 0 saturated carbocycles. The van der Waals surface area contributed by atoms with E-state index in [1.165, 1.54) is 6.07 Å². The highest BCUT2D eigenvalue weighted by Gasteiger charge is 2.20. The number of rotatable bonds is 8. The number of hydrogen-bond donors (Lipinski definition) is 2. The summed E-state index contributed by atoms with van der Waals surface area (Å²) in [5, 5.41) is 23.1. The smallest absolute Gasteiger partial charge is 0.311 e. The van der Waals surface area contributed by atoms with Crippen LogP contribution in [-0.2, 0) is 0 Å². The number of aromatic nitrogens is 1. The van der Waals surface area contributed by atoms with Gasteiger partial charge in [-0.3, -0.25) is 10.1 Å². The number of likely N-dealkylation sites (N-methyl/N-ethyl adjacent to an activating group) is 1. The molecule has 0 aliphatic rings. The van der Waals surface area contributed by atoms with E-state index < -0.39 is 4.92 Å². The Labute approximate surface area is 112 Å². The van der Waals surface area contributed by atoms with Gasteiger partial charge in [-0.25, -0.2) is 4.98 Å². The SMILES string of the molecule is CCCNc1ccc([N+](=O)[O-])c(N(CC)CCO)n1. The molecule has 0 aliphatic carbocycles.